The molecule has 16 heavy (non-hydrogen) atoms. The van der Waals surface area contributed by atoms with Gasteiger partial charge in [0, 0.05) is 11.3 Å². The number of hydrogen-bond donors (Lipinski definition) is 1. The number of hydrogen-bond acceptors (Lipinski definition) is 3. The number of rotatable bonds is 1. The molecule has 88 valence electrons. The smallest absolute Gasteiger partial charge is 0.127 e. The Morgan fingerprint density at radius 2 is 2.19 bits per heavy atom. The van der Waals surface area contributed by atoms with E-state index in [1.807, 2.05) is 13.8 Å². The second-order valence-corrected chi connectivity index (χ2v) is 4.71. The largest absolute Gasteiger partial charge is 0.387 e. The molecular weight excluding hydrogens is 247 g/mol. The molecule has 1 aliphatic rings. The first kappa shape index (κ1) is 13.2. The van der Waals surface area contributed by atoms with E-state index >= 15 is 0 Å². The van der Waals surface area contributed by atoms with E-state index < -0.39 is 0 Å². The Labute approximate surface area is 104 Å². The fourth-order valence-corrected chi connectivity index (χ4v) is 2.86. The Morgan fingerprint density at radius 3 is 2.75 bits per heavy atom. The first-order valence-electron chi connectivity index (χ1n) is 4.82. The molecule has 1 aromatic rings. The summed E-state index contributed by atoms with van der Waals surface area (Å²) in [5.41, 5.74) is 8.01. The fraction of sp³-hybridized carbons (Fsp3) is 0.364. The van der Waals surface area contributed by atoms with Crippen molar-refractivity contribution >= 4 is 29.6 Å². The van der Waals surface area contributed by atoms with Gasteiger partial charge < -0.3 is 5.73 Å². The molecule has 0 aliphatic carbocycles. The minimum Gasteiger partial charge on any atom is -0.387 e. The van der Waals surface area contributed by atoms with Gasteiger partial charge in [-0.25, -0.2) is 9.38 Å². The lowest BCUT2D eigenvalue weighted by Crippen LogP contribution is -2.19. The summed E-state index contributed by atoms with van der Waals surface area (Å²) in [6.07, 6.45) is 1.72. The molecule has 1 aromatic heterocycles. The summed E-state index contributed by atoms with van der Waals surface area (Å²) in [6, 6.07) is 0. The highest BCUT2D eigenvalue weighted by Crippen LogP contribution is 2.37. The lowest BCUT2D eigenvalue weighted by Gasteiger charge is -2.17. The van der Waals surface area contributed by atoms with Gasteiger partial charge in [0.25, 0.3) is 0 Å². The van der Waals surface area contributed by atoms with Crippen LogP contribution in [0.25, 0.3) is 0 Å². The molecule has 1 atom stereocenters. The maximum atomic E-state index is 13.6. The quantitative estimate of drug-likeness (QED) is 0.825. The van der Waals surface area contributed by atoms with Crippen LogP contribution in [0.5, 0.6) is 0 Å². The van der Waals surface area contributed by atoms with E-state index in [9.17, 15) is 4.39 Å². The Hall–Kier alpha value is -0.870. The zero-order valence-corrected chi connectivity index (χ0v) is 10.8. The van der Waals surface area contributed by atoms with Crippen molar-refractivity contribution in [2.75, 3.05) is 0 Å². The van der Waals surface area contributed by atoms with E-state index in [0.29, 0.717) is 12.3 Å². The van der Waals surface area contributed by atoms with Gasteiger partial charge in [0.05, 0.1) is 12.1 Å². The topological polar surface area (TPSA) is 38.4 Å². The van der Waals surface area contributed by atoms with Gasteiger partial charge in [-0.1, -0.05) is 0 Å². The van der Waals surface area contributed by atoms with E-state index in [1.165, 1.54) is 17.3 Å². The molecule has 0 spiro atoms. The third-order valence-electron chi connectivity index (χ3n) is 2.74. The summed E-state index contributed by atoms with van der Waals surface area (Å²) in [7, 11) is 0. The van der Waals surface area contributed by atoms with E-state index in [0.717, 1.165) is 4.88 Å². The highest BCUT2D eigenvalue weighted by Gasteiger charge is 2.24. The van der Waals surface area contributed by atoms with Gasteiger partial charge in [-0.05, 0) is 30.4 Å². The first-order chi connectivity index (χ1) is 7.09. The highest BCUT2D eigenvalue weighted by atomic mass is 35.5. The van der Waals surface area contributed by atoms with Crippen LogP contribution >= 0.6 is 23.7 Å². The maximum Gasteiger partial charge on any atom is 0.127 e. The number of allylic oxidation sites excluding steroid dienone is 1. The summed E-state index contributed by atoms with van der Waals surface area (Å²) in [4.78, 5) is 4.85. The Kier molecular flexibility index (Phi) is 4.10. The molecule has 2 heterocycles. The summed E-state index contributed by atoms with van der Waals surface area (Å²) < 4.78 is 13.6. The van der Waals surface area contributed by atoms with Crippen molar-refractivity contribution in [2.24, 2.45) is 10.7 Å². The second kappa shape index (κ2) is 4.97. The molecule has 0 radical (unpaired) electrons. The normalized spacial score (nSPS) is 19.8. The van der Waals surface area contributed by atoms with Gasteiger partial charge in [0.1, 0.15) is 11.7 Å². The van der Waals surface area contributed by atoms with Crippen molar-refractivity contribution < 1.29 is 4.39 Å². The number of aryl methyl sites for hydroxylation is 1. The number of thiophene rings is 1. The van der Waals surface area contributed by atoms with Crippen LogP contribution in [0, 0.1) is 13.8 Å². The van der Waals surface area contributed by atoms with Crippen LogP contribution in [-0.4, -0.2) is 5.84 Å². The molecule has 2 N–H and O–H groups in total. The van der Waals surface area contributed by atoms with E-state index in [1.54, 1.807) is 11.3 Å². The van der Waals surface area contributed by atoms with Gasteiger partial charge in [0.2, 0.25) is 0 Å². The van der Waals surface area contributed by atoms with E-state index in [-0.39, 0.29) is 24.2 Å². The minimum absolute atomic E-state index is 0. The monoisotopic (exact) mass is 260 g/mol. The minimum atomic E-state index is -0.221. The first-order valence-corrected chi connectivity index (χ1v) is 5.70. The van der Waals surface area contributed by atoms with Gasteiger partial charge in [-0.15, -0.1) is 23.7 Å². The van der Waals surface area contributed by atoms with Gasteiger partial charge in [-0.2, -0.15) is 0 Å². The fourth-order valence-electron chi connectivity index (χ4n) is 1.68. The third-order valence-corrected chi connectivity index (χ3v) is 4.06. The van der Waals surface area contributed by atoms with Crippen molar-refractivity contribution in [2.45, 2.75) is 26.2 Å². The standard InChI is InChI=1S/C11H13FN2S.ClH/c1-6-5-15-11(7(6)2)8-3-10(13)14-4-9(8)12;/h4-5,8H,3H2,1-2H3,(H2,13,14);1H. The van der Waals surface area contributed by atoms with Crippen molar-refractivity contribution in [3.05, 3.63) is 33.4 Å². The van der Waals surface area contributed by atoms with Crippen LogP contribution < -0.4 is 5.73 Å². The van der Waals surface area contributed by atoms with Crippen molar-refractivity contribution in [1.82, 2.24) is 0 Å². The zero-order chi connectivity index (χ0) is 11.0. The number of amidine groups is 1. The molecule has 0 saturated carbocycles. The average Bonchev–Trinajstić information content (AvgIpc) is 2.52. The molecule has 2 rings (SSSR count). The van der Waals surface area contributed by atoms with Crippen LogP contribution in [0.1, 0.15) is 28.3 Å². The second-order valence-electron chi connectivity index (χ2n) is 3.80. The summed E-state index contributed by atoms with van der Waals surface area (Å²) >= 11 is 1.60. The Balaban J connectivity index is 0.00000128. The van der Waals surface area contributed by atoms with Crippen LogP contribution in [0.4, 0.5) is 4.39 Å². The lowest BCUT2D eigenvalue weighted by atomic mass is 9.96. The molecule has 0 saturated heterocycles. The molecular formula is C11H14ClFN2S. The molecule has 5 heteroatoms. The van der Waals surface area contributed by atoms with Crippen LogP contribution in [-0.2, 0) is 0 Å². The van der Waals surface area contributed by atoms with E-state index in [4.69, 9.17) is 5.73 Å². The van der Waals surface area contributed by atoms with Gasteiger partial charge in [0.15, 0.2) is 0 Å². The van der Waals surface area contributed by atoms with Gasteiger partial charge in [-0.3, -0.25) is 0 Å². The van der Waals surface area contributed by atoms with Crippen molar-refractivity contribution in [1.29, 1.82) is 0 Å². The molecule has 1 unspecified atom stereocenters. The maximum absolute atomic E-state index is 13.6. The molecule has 1 aliphatic heterocycles. The van der Waals surface area contributed by atoms with Crippen molar-refractivity contribution in [3.8, 4) is 0 Å². The zero-order valence-electron chi connectivity index (χ0n) is 9.16. The summed E-state index contributed by atoms with van der Waals surface area (Å²) in [6.45, 7) is 4.06. The van der Waals surface area contributed by atoms with Crippen LogP contribution in [0.3, 0.4) is 0 Å². The Bertz CT molecular complexity index is 451. The average molecular weight is 261 g/mol. The molecule has 0 fully saturated rings. The summed E-state index contributed by atoms with van der Waals surface area (Å²) in [5, 5.41) is 2.06. The van der Waals surface area contributed by atoms with Crippen LogP contribution in [0.15, 0.2) is 22.4 Å². The number of nitrogens with zero attached hydrogens (tertiary/aromatic N) is 1. The molecule has 2 nitrogen and oxygen atoms in total. The number of halogens is 2. The molecule has 0 bridgehead atoms. The summed E-state index contributed by atoms with van der Waals surface area (Å²) in [5.74, 6) is 0.0993. The lowest BCUT2D eigenvalue weighted by molar-refractivity contribution is 0.545. The van der Waals surface area contributed by atoms with Gasteiger partial charge >= 0.3 is 0 Å². The predicted molar refractivity (Wildman–Crippen MR) is 69.2 cm³/mol. The predicted octanol–water partition coefficient (Wildman–Crippen LogP) is 3.44. The van der Waals surface area contributed by atoms with Crippen molar-refractivity contribution in [3.63, 3.8) is 0 Å². The highest BCUT2D eigenvalue weighted by molar-refractivity contribution is 7.10. The van der Waals surface area contributed by atoms with E-state index in [2.05, 4.69) is 10.4 Å². The molecule has 0 amide bonds. The SMILES string of the molecule is Cc1csc(C2CC(N)=NC=C2F)c1C.Cl. The number of nitrogens with two attached hydrogens (primary N) is 1. The molecule has 0 aromatic carbocycles. The van der Waals surface area contributed by atoms with Crippen LogP contribution in [0.2, 0.25) is 0 Å². The number of aliphatic imine (C=N–C) groups is 1. The Morgan fingerprint density at radius 1 is 1.50 bits per heavy atom. The third kappa shape index (κ3) is 2.28.